The van der Waals surface area contributed by atoms with Crippen LogP contribution in [0.5, 0.6) is 0 Å². The standard InChI is InChI=1S/C11H16ClFN2O2S/c1-15(2)18(16,17)6-5-14-8-9-3-4-11(13)10(12)7-9/h3-4,7,14H,5-6,8H2,1-2H3. The second-order valence-electron chi connectivity index (χ2n) is 4.02. The maximum atomic E-state index is 12.9. The van der Waals surface area contributed by atoms with Crippen LogP contribution in [0, 0.1) is 5.82 Å². The summed E-state index contributed by atoms with van der Waals surface area (Å²) in [5, 5.41) is 3.04. The van der Waals surface area contributed by atoms with Crippen molar-refractivity contribution in [2.45, 2.75) is 6.54 Å². The lowest BCUT2D eigenvalue weighted by Gasteiger charge is -2.11. The van der Waals surface area contributed by atoms with Crippen LogP contribution in [0.3, 0.4) is 0 Å². The Kier molecular flexibility index (Phi) is 5.52. The fraction of sp³-hybridized carbons (Fsp3) is 0.455. The summed E-state index contributed by atoms with van der Waals surface area (Å²) < 4.78 is 37.0. The SMILES string of the molecule is CN(C)S(=O)(=O)CCNCc1ccc(F)c(Cl)c1. The number of benzene rings is 1. The Morgan fingerprint density at radius 3 is 2.61 bits per heavy atom. The van der Waals surface area contributed by atoms with E-state index in [0.29, 0.717) is 13.1 Å². The van der Waals surface area contributed by atoms with Gasteiger partial charge in [0.2, 0.25) is 10.0 Å². The number of halogens is 2. The predicted octanol–water partition coefficient (Wildman–Crippen LogP) is 1.46. The van der Waals surface area contributed by atoms with Crippen LogP contribution in [0.4, 0.5) is 4.39 Å². The minimum absolute atomic E-state index is 0.0227. The summed E-state index contributed by atoms with van der Waals surface area (Å²) in [6.07, 6.45) is 0. The highest BCUT2D eigenvalue weighted by Gasteiger charge is 2.12. The molecule has 0 aliphatic carbocycles. The van der Waals surface area contributed by atoms with Gasteiger partial charge in [0.05, 0.1) is 10.8 Å². The molecular formula is C11H16ClFN2O2S. The highest BCUT2D eigenvalue weighted by molar-refractivity contribution is 7.89. The highest BCUT2D eigenvalue weighted by Crippen LogP contribution is 2.15. The molecule has 18 heavy (non-hydrogen) atoms. The number of hydrogen-bond acceptors (Lipinski definition) is 3. The maximum Gasteiger partial charge on any atom is 0.214 e. The third-order valence-corrected chi connectivity index (χ3v) is 4.53. The molecule has 0 aliphatic heterocycles. The molecule has 102 valence electrons. The topological polar surface area (TPSA) is 49.4 Å². The lowest BCUT2D eigenvalue weighted by Crippen LogP contribution is -2.31. The molecule has 0 radical (unpaired) electrons. The van der Waals surface area contributed by atoms with E-state index < -0.39 is 15.8 Å². The summed E-state index contributed by atoms with van der Waals surface area (Å²) in [5.74, 6) is -0.440. The Bertz CT molecular complexity index is 506. The van der Waals surface area contributed by atoms with Crippen molar-refractivity contribution in [3.8, 4) is 0 Å². The van der Waals surface area contributed by atoms with Crippen LogP contribution in [0.2, 0.25) is 5.02 Å². The first-order valence-electron chi connectivity index (χ1n) is 5.38. The van der Waals surface area contributed by atoms with Crippen molar-refractivity contribution in [1.82, 2.24) is 9.62 Å². The molecule has 4 nitrogen and oxygen atoms in total. The molecule has 0 fully saturated rings. The van der Waals surface area contributed by atoms with Crippen LogP contribution in [-0.4, -0.2) is 39.1 Å². The molecule has 0 saturated heterocycles. The van der Waals surface area contributed by atoms with E-state index in [1.807, 2.05) is 0 Å². The lowest BCUT2D eigenvalue weighted by atomic mass is 10.2. The highest BCUT2D eigenvalue weighted by atomic mass is 35.5. The normalized spacial score (nSPS) is 12.1. The van der Waals surface area contributed by atoms with E-state index in [1.165, 1.54) is 30.5 Å². The first kappa shape index (κ1) is 15.4. The molecule has 0 heterocycles. The van der Waals surface area contributed by atoms with Crippen LogP contribution >= 0.6 is 11.6 Å². The molecule has 1 aromatic rings. The zero-order valence-corrected chi connectivity index (χ0v) is 11.9. The van der Waals surface area contributed by atoms with Crippen molar-refractivity contribution in [2.75, 3.05) is 26.4 Å². The van der Waals surface area contributed by atoms with Crippen LogP contribution in [-0.2, 0) is 16.6 Å². The van der Waals surface area contributed by atoms with E-state index in [-0.39, 0.29) is 10.8 Å². The van der Waals surface area contributed by atoms with Gasteiger partial charge in [-0.15, -0.1) is 0 Å². The Morgan fingerprint density at radius 2 is 2.06 bits per heavy atom. The van der Waals surface area contributed by atoms with Gasteiger partial charge in [-0.3, -0.25) is 0 Å². The number of nitrogens with zero attached hydrogens (tertiary/aromatic N) is 1. The van der Waals surface area contributed by atoms with Gasteiger partial charge in [-0.2, -0.15) is 0 Å². The van der Waals surface area contributed by atoms with Gasteiger partial charge >= 0.3 is 0 Å². The van der Waals surface area contributed by atoms with Crippen molar-refractivity contribution in [2.24, 2.45) is 0 Å². The minimum Gasteiger partial charge on any atom is -0.312 e. The fourth-order valence-electron chi connectivity index (χ4n) is 1.27. The molecule has 1 aromatic carbocycles. The number of hydrogen-bond donors (Lipinski definition) is 1. The van der Waals surface area contributed by atoms with E-state index in [0.717, 1.165) is 5.56 Å². The van der Waals surface area contributed by atoms with Gasteiger partial charge in [-0.05, 0) is 17.7 Å². The predicted molar refractivity (Wildman–Crippen MR) is 70.6 cm³/mol. The first-order valence-corrected chi connectivity index (χ1v) is 7.36. The molecule has 1 rings (SSSR count). The second-order valence-corrected chi connectivity index (χ2v) is 6.73. The maximum absolute atomic E-state index is 12.9. The minimum atomic E-state index is -3.18. The molecule has 0 amide bonds. The molecule has 0 saturated carbocycles. The summed E-state index contributed by atoms with van der Waals surface area (Å²) in [6.45, 7) is 0.776. The van der Waals surface area contributed by atoms with Crippen LogP contribution in [0.25, 0.3) is 0 Å². The summed E-state index contributed by atoms with van der Waals surface area (Å²) in [5.41, 5.74) is 0.809. The van der Waals surface area contributed by atoms with Crippen molar-refractivity contribution < 1.29 is 12.8 Å². The second kappa shape index (κ2) is 6.47. The Balaban J connectivity index is 2.41. The molecule has 0 aliphatic rings. The van der Waals surface area contributed by atoms with Crippen molar-refractivity contribution in [3.05, 3.63) is 34.6 Å². The van der Waals surface area contributed by atoms with Crippen LogP contribution in [0.1, 0.15) is 5.56 Å². The summed E-state index contributed by atoms with van der Waals surface area (Å²) in [4.78, 5) is 0. The molecule has 0 atom stereocenters. The van der Waals surface area contributed by atoms with Gasteiger partial charge in [0.25, 0.3) is 0 Å². The zero-order valence-electron chi connectivity index (χ0n) is 10.3. The molecule has 0 bridgehead atoms. The Hall–Kier alpha value is -0.690. The average Bonchev–Trinajstić information content (AvgIpc) is 2.29. The molecule has 0 spiro atoms. The summed E-state index contributed by atoms with van der Waals surface area (Å²) in [6, 6.07) is 4.41. The van der Waals surface area contributed by atoms with Gasteiger partial charge < -0.3 is 5.32 Å². The van der Waals surface area contributed by atoms with E-state index in [4.69, 9.17) is 11.6 Å². The van der Waals surface area contributed by atoms with E-state index in [1.54, 1.807) is 6.07 Å². The van der Waals surface area contributed by atoms with Gasteiger partial charge in [0, 0.05) is 27.2 Å². The van der Waals surface area contributed by atoms with Crippen LogP contribution in [0.15, 0.2) is 18.2 Å². The number of sulfonamides is 1. The third-order valence-electron chi connectivity index (χ3n) is 2.41. The molecule has 0 unspecified atom stereocenters. The largest absolute Gasteiger partial charge is 0.312 e. The Morgan fingerprint density at radius 1 is 1.39 bits per heavy atom. The molecular weight excluding hydrogens is 279 g/mol. The average molecular weight is 295 g/mol. The van der Waals surface area contributed by atoms with Crippen LogP contribution < -0.4 is 5.32 Å². The molecule has 1 N–H and O–H groups in total. The van der Waals surface area contributed by atoms with Gasteiger partial charge in [0.1, 0.15) is 5.82 Å². The van der Waals surface area contributed by atoms with Gasteiger partial charge in [-0.1, -0.05) is 17.7 Å². The van der Waals surface area contributed by atoms with Gasteiger partial charge in [0.15, 0.2) is 0 Å². The zero-order chi connectivity index (χ0) is 13.8. The van der Waals surface area contributed by atoms with Gasteiger partial charge in [-0.25, -0.2) is 17.1 Å². The smallest absolute Gasteiger partial charge is 0.214 e. The van der Waals surface area contributed by atoms with Crippen molar-refractivity contribution in [1.29, 1.82) is 0 Å². The summed E-state index contributed by atoms with van der Waals surface area (Å²) in [7, 11) is -0.193. The van der Waals surface area contributed by atoms with E-state index in [2.05, 4.69) is 5.32 Å². The monoisotopic (exact) mass is 294 g/mol. The number of nitrogens with one attached hydrogen (secondary N) is 1. The lowest BCUT2D eigenvalue weighted by molar-refractivity contribution is 0.517. The van der Waals surface area contributed by atoms with Crippen molar-refractivity contribution in [3.63, 3.8) is 0 Å². The first-order chi connectivity index (χ1) is 8.33. The Labute approximate surface area is 112 Å². The van der Waals surface area contributed by atoms with E-state index >= 15 is 0 Å². The summed E-state index contributed by atoms with van der Waals surface area (Å²) >= 11 is 5.64. The molecule has 7 heteroatoms. The number of rotatable bonds is 6. The van der Waals surface area contributed by atoms with E-state index in [9.17, 15) is 12.8 Å². The third kappa shape index (κ3) is 4.53. The quantitative estimate of drug-likeness (QED) is 0.808. The van der Waals surface area contributed by atoms with Crippen molar-refractivity contribution >= 4 is 21.6 Å². The fourth-order valence-corrected chi connectivity index (χ4v) is 2.24. The molecule has 0 aromatic heterocycles.